The summed E-state index contributed by atoms with van der Waals surface area (Å²) in [6, 6.07) is 8.13. The van der Waals surface area contributed by atoms with Crippen LogP contribution in [0.15, 0.2) is 42.7 Å². The van der Waals surface area contributed by atoms with E-state index in [1.807, 2.05) is 26.2 Å². The molecule has 0 unspecified atom stereocenters. The van der Waals surface area contributed by atoms with E-state index in [4.69, 9.17) is 0 Å². The van der Waals surface area contributed by atoms with Crippen LogP contribution < -0.4 is 5.32 Å². The lowest BCUT2D eigenvalue weighted by Crippen LogP contribution is -2.13. The second kappa shape index (κ2) is 7.29. The molecule has 130 valence electrons. The highest BCUT2D eigenvalue weighted by atomic mass is 19.1. The molecule has 0 aliphatic rings. The summed E-state index contributed by atoms with van der Waals surface area (Å²) >= 11 is 0. The number of amides is 1. The molecule has 2 heterocycles. The first-order valence-electron chi connectivity index (χ1n) is 8.10. The van der Waals surface area contributed by atoms with Crippen molar-refractivity contribution < 1.29 is 9.18 Å². The number of halogens is 1. The van der Waals surface area contributed by atoms with Gasteiger partial charge in [-0.25, -0.2) is 4.39 Å². The van der Waals surface area contributed by atoms with Crippen molar-refractivity contribution >= 4 is 11.7 Å². The largest absolute Gasteiger partial charge is 0.309 e. The topological polar surface area (TPSA) is 64.7 Å². The normalized spacial score (nSPS) is 10.8. The number of carbonyl (C=O) groups excluding carboxylic acids is 1. The Bertz CT molecular complexity index is 846. The number of nitrogens with zero attached hydrogens (tertiary/aromatic N) is 4. The summed E-state index contributed by atoms with van der Waals surface area (Å²) in [5, 5.41) is 11.3. The zero-order valence-corrected chi connectivity index (χ0v) is 14.2. The second-order valence-electron chi connectivity index (χ2n) is 5.95. The molecule has 0 spiro atoms. The van der Waals surface area contributed by atoms with Crippen molar-refractivity contribution in [1.29, 1.82) is 0 Å². The zero-order valence-electron chi connectivity index (χ0n) is 14.2. The molecule has 1 N–H and O–H groups in total. The lowest BCUT2D eigenvalue weighted by atomic mass is 10.1. The average Bonchev–Trinajstić information content (AvgIpc) is 3.15. The minimum absolute atomic E-state index is 0.0657. The second-order valence-corrected chi connectivity index (χ2v) is 5.95. The van der Waals surface area contributed by atoms with Gasteiger partial charge in [0.1, 0.15) is 5.82 Å². The number of rotatable bonds is 6. The highest BCUT2D eigenvalue weighted by Crippen LogP contribution is 2.18. The highest BCUT2D eigenvalue weighted by Gasteiger charge is 2.07. The molecule has 0 fully saturated rings. The molecule has 0 saturated heterocycles. The van der Waals surface area contributed by atoms with Crippen LogP contribution >= 0.6 is 0 Å². The van der Waals surface area contributed by atoms with Crippen molar-refractivity contribution in [1.82, 2.24) is 19.6 Å². The van der Waals surface area contributed by atoms with E-state index in [0.29, 0.717) is 25.2 Å². The molecule has 0 radical (unpaired) electrons. The van der Waals surface area contributed by atoms with Crippen LogP contribution in [0.4, 0.5) is 10.2 Å². The molecule has 0 atom stereocenters. The maximum absolute atomic E-state index is 13.0. The minimum atomic E-state index is -0.259. The standard InChI is InChI=1S/C18H20FN5O/c1-13-10-17(22-23(13)2)21-18(25)4-3-9-24-12-15(11-20-24)14-5-7-16(19)8-6-14/h5-8,10-12H,3-4,9H2,1-2H3,(H,21,22,25). The Hall–Kier alpha value is -2.96. The fourth-order valence-corrected chi connectivity index (χ4v) is 2.51. The van der Waals surface area contributed by atoms with Gasteiger partial charge < -0.3 is 5.32 Å². The summed E-state index contributed by atoms with van der Waals surface area (Å²) in [6.45, 7) is 2.56. The maximum atomic E-state index is 13.0. The van der Waals surface area contributed by atoms with Crippen molar-refractivity contribution in [3.05, 3.63) is 54.2 Å². The van der Waals surface area contributed by atoms with E-state index in [-0.39, 0.29) is 11.7 Å². The van der Waals surface area contributed by atoms with Crippen LogP contribution in [0.2, 0.25) is 0 Å². The van der Waals surface area contributed by atoms with E-state index in [2.05, 4.69) is 15.5 Å². The van der Waals surface area contributed by atoms with E-state index in [1.54, 1.807) is 27.7 Å². The molecule has 25 heavy (non-hydrogen) atoms. The van der Waals surface area contributed by atoms with Crippen molar-refractivity contribution in [2.75, 3.05) is 5.32 Å². The third-order valence-electron chi connectivity index (χ3n) is 3.98. The molecule has 0 bridgehead atoms. The molecular formula is C18H20FN5O. The summed E-state index contributed by atoms with van der Waals surface area (Å²) in [7, 11) is 1.83. The summed E-state index contributed by atoms with van der Waals surface area (Å²) in [5.74, 6) is 0.247. The first kappa shape index (κ1) is 16.9. The molecule has 0 aliphatic carbocycles. The van der Waals surface area contributed by atoms with Crippen LogP contribution in [0.5, 0.6) is 0 Å². The molecule has 7 heteroatoms. The van der Waals surface area contributed by atoms with Gasteiger partial charge >= 0.3 is 0 Å². The van der Waals surface area contributed by atoms with Gasteiger partial charge in [0.05, 0.1) is 6.20 Å². The smallest absolute Gasteiger partial charge is 0.225 e. The molecule has 0 saturated carbocycles. The Balaban J connectivity index is 1.49. The number of benzene rings is 1. The SMILES string of the molecule is Cc1cc(NC(=O)CCCn2cc(-c3ccc(F)cc3)cn2)nn1C. The monoisotopic (exact) mass is 341 g/mol. The summed E-state index contributed by atoms with van der Waals surface area (Å²) in [6.07, 6.45) is 4.70. The van der Waals surface area contributed by atoms with Crippen molar-refractivity contribution in [2.45, 2.75) is 26.3 Å². The van der Waals surface area contributed by atoms with Gasteiger partial charge in [-0.1, -0.05) is 12.1 Å². The van der Waals surface area contributed by atoms with Gasteiger partial charge in [0, 0.05) is 43.5 Å². The number of aromatic nitrogens is 4. The minimum Gasteiger partial charge on any atom is -0.309 e. The predicted molar refractivity (Wildman–Crippen MR) is 93.4 cm³/mol. The van der Waals surface area contributed by atoms with Gasteiger partial charge in [-0.2, -0.15) is 10.2 Å². The summed E-state index contributed by atoms with van der Waals surface area (Å²) in [4.78, 5) is 12.0. The van der Waals surface area contributed by atoms with Crippen molar-refractivity contribution in [3.63, 3.8) is 0 Å². The zero-order chi connectivity index (χ0) is 17.8. The average molecular weight is 341 g/mol. The van der Waals surface area contributed by atoms with Crippen LogP contribution in [0.1, 0.15) is 18.5 Å². The first-order valence-corrected chi connectivity index (χ1v) is 8.10. The molecule has 3 rings (SSSR count). The van der Waals surface area contributed by atoms with Crippen LogP contribution in [-0.4, -0.2) is 25.5 Å². The maximum Gasteiger partial charge on any atom is 0.225 e. The van der Waals surface area contributed by atoms with Crippen LogP contribution in [0.3, 0.4) is 0 Å². The lowest BCUT2D eigenvalue weighted by molar-refractivity contribution is -0.116. The lowest BCUT2D eigenvalue weighted by Gasteiger charge is -2.03. The molecule has 6 nitrogen and oxygen atoms in total. The summed E-state index contributed by atoms with van der Waals surface area (Å²) in [5.41, 5.74) is 2.82. The molecule has 3 aromatic rings. The van der Waals surface area contributed by atoms with E-state index in [0.717, 1.165) is 16.8 Å². The number of hydrogen-bond acceptors (Lipinski definition) is 3. The number of aryl methyl sites for hydroxylation is 3. The van der Waals surface area contributed by atoms with Crippen LogP contribution in [-0.2, 0) is 18.4 Å². The Morgan fingerprint density at radius 3 is 2.68 bits per heavy atom. The first-order chi connectivity index (χ1) is 12.0. The van der Waals surface area contributed by atoms with E-state index < -0.39 is 0 Å². The fraction of sp³-hybridized carbons (Fsp3) is 0.278. The van der Waals surface area contributed by atoms with Gasteiger partial charge in [-0.3, -0.25) is 14.2 Å². The van der Waals surface area contributed by atoms with E-state index in [9.17, 15) is 9.18 Å². The Morgan fingerprint density at radius 2 is 2.00 bits per heavy atom. The Labute approximate surface area is 145 Å². The third kappa shape index (κ3) is 4.32. The van der Waals surface area contributed by atoms with Gasteiger partial charge in [0.2, 0.25) is 5.91 Å². The molecule has 1 aromatic carbocycles. The Kier molecular flexibility index (Phi) is 4.92. The van der Waals surface area contributed by atoms with E-state index in [1.165, 1.54) is 12.1 Å². The highest BCUT2D eigenvalue weighted by molar-refractivity contribution is 5.89. The number of carbonyl (C=O) groups is 1. The molecule has 2 aromatic heterocycles. The number of anilines is 1. The third-order valence-corrected chi connectivity index (χ3v) is 3.98. The van der Waals surface area contributed by atoms with Gasteiger partial charge in [0.15, 0.2) is 5.82 Å². The Morgan fingerprint density at radius 1 is 1.24 bits per heavy atom. The summed E-state index contributed by atoms with van der Waals surface area (Å²) < 4.78 is 16.5. The van der Waals surface area contributed by atoms with Crippen LogP contribution in [0.25, 0.3) is 11.1 Å². The fourth-order valence-electron chi connectivity index (χ4n) is 2.51. The molecular weight excluding hydrogens is 321 g/mol. The molecule has 1 amide bonds. The van der Waals surface area contributed by atoms with Crippen LogP contribution in [0, 0.1) is 12.7 Å². The molecule has 0 aliphatic heterocycles. The van der Waals surface area contributed by atoms with Gasteiger partial charge in [-0.05, 0) is 31.0 Å². The van der Waals surface area contributed by atoms with Gasteiger partial charge in [-0.15, -0.1) is 0 Å². The quantitative estimate of drug-likeness (QED) is 0.749. The van der Waals surface area contributed by atoms with E-state index >= 15 is 0 Å². The van der Waals surface area contributed by atoms with Gasteiger partial charge in [0.25, 0.3) is 0 Å². The predicted octanol–water partition coefficient (Wildman–Crippen LogP) is 3.15. The van der Waals surface area contributed by atoms with Crippen molar-refractivity contribution in [2.24, 2.45) is 7.05 Å². The number of hydrogen-bond donors (Lipinski definition) is 1. The number of nitrogens with one attached hydrogen (secondary N) is 1. The van der Waals surface area contributed by atoms with Crippen molar-refractivity contribution in [3.8, 4) is 11.1 Å².